The van der Waals surface area contributed by atoms with Crippen molar-refractivity contribution >= 4 is 0 Å². The van der Waals surface area contributed by atoms with Crippen molar-refractivity contribution in [2.24, 2.45) is 52.8 Å². The first kappa shape index (κ1) is 15.4. The summed E-state index contributed by atoms with van der Waals surface area (Å²) >= 11 is 0. The molecule has 0 aromatic carbocycles. The standard InChI is InChI=1S/C19H34/c1-11-9-13(3)17(15(11)5)19(7,8)18-14(4)10-12(2)16(18)6/h9-18H,1-8H3. The predicted octanol–water partition coefficient (Wildman–Crippen LogP) is 5.50. The zero-order valence-electron chi connectivity index (χ0n) is 14.3. The zero-order valence-corrected chi connectivity index (χ0v) is 14.3. The van der Waals surface area contributed by atoms with Crippen LogP contribution in [0.15, 0.2) is 0 Å². The Morgan fingerprint density at radius 3 is 1.11 bits per heavy atom. The lowest BCUT2D eigenvalue weighted by atomic mass is 9.59. The summed E-state index contributed by atoms with van der Waals surface area (Å²) in [5, 5.41) is 0. The first-order valence-electron chi connectivity index (χ1n) is 8.37. The maximum absolute atomic E-state index is 2.61. The molecule has 0 nitrogen and oxygen atoms in total. The molecule has 0 bridgehead atoms. The van der Waals surface area contributed by atoms with Crippen molar-refractivity contribution in [2.75, 3.05) is 0 Å². The lowest BCUT2D eigenvalue weighted by Crippen LogP contribution is -2.41. The quantitative estimate of drug-likeness (QED) is 0.616. The molecule has 0 N–H and O–H groups in total. The van der Waals surface area contributed by atoms with Crippen molar-refractivity contribution in [2.45, 2.75) is 55.4 Å². The molecule has 0 heteroatoms. The average molecular weight is 262 g/mol. The summed E-state index contributed by atoms with van der Waals surface area (Å²) in [6.07, 6.45) is 5.21. The average Bonchev–Trinajstić information content (AvgIpc) is 2.66. The van der Waals surface area contributed by atoms with E-state index >= 15 is 0 Å². The van der Waals surface area contributed by atoms with Gasteiger partial charge in [-0.25, -0.2) is 0 Å². The summed E-state index contributed by atoms with van der Waals surface area (Å²) in [6.45, 7) is 19.8. The smallest absolute Gasteiger partial charge is 0.0287 e. The maximum atomic E-state index is 2.61. The molecule has 8 atom stereocenters. The molecule has 0 aromatic heterocycles. The Hall–Kier alpha value is 0. The van der Waals surface area contributed by atoms with Crippen LogP contribution in [-0.2, 0) is 0 Å². The van der Waals surface area contributed by atoms with Crippen LogP contribution in [0, 0.1) is 65.6 Å². The van der Waals surface area contributed by atoms with E-state index in [4.69, 9.17) is 0 Å². The van der Waals surface area contributed by atoms with Crippen LogP contribution in [-0.4, -0.2) is 0 Å². The van der Waals surface area contributed by atoms with Crippen molar-refractivity contribution in [1.82, 2.24) is 0 Å². The molecule has 2 aliphatic rings. The summed E-state index contributed by atoms with van der Waals surface area (Å²) in [6, 6.07) is 0. The van der Waals surface area contributed by atoms with E-state index in [-0.39, 0.29) is 0 Å². The Labute approximate surface area is 121 Å². The van der Waals surface area contributed by atoms with E-state index in [9.17, 15) is 0 Å². The lowest BCUT2D eigenvalue weighted by Gasteiger charge is -2.46. The Morgan fingerprint density at radius 2 is 0.895 bits per heavy atom. The molecular formula is C19H34. The highest BCUT2D eigenvalue weighted by molar-refractivity contribution is 5.09. The van der Waals surface area contributed by atoms with E-state index in [1.54, 1.807) is 0 Å². The van der Waals surface area contributed by atoms with Gasteiger partial charge in [0.25, 0.3) is 0 Å². The Kier molecular flexibility index (Phi) is 4.11. The molecule has 110 valence electrons. The molecule has 2 aliphatic carbocycles. The van der Waals surface area contributed by atoms with Gasteiger partial charge in [0.15, 0.2) is 0 Å². The van der Waals surface area contributed by atoms with Crippen LogP contribution in [0.4, 0.5) is 0 Å². The van der Waals surface area contributed by atoms with E-state index < -0.39 is 0 Å². The Bertz CT molecular complexity index is 286. The number of hydrogen-bond acceptors (Lipinski definition) is 0. The normalized spacial score (nSPS) is 51.8. The summed E-state index contributed by atoms with van der Waals surface area (Å²) in [4.78, 5) is 0. The third-order valence-electron chi connectivity index (χ3n) is 6.86. The van der Waals surface area contributed by atoms with E-state index in [0.717, 1.165) is 47.3 Å². The molecule has 0 amide bonds. The van der Waals surface area contributed by atoms with E-state index in [1.807, 2.05) is 0 Å². The second kappa shape index (κ2) is 5.08. The van der Waals surface area contributed by atoms with Gasteiger partial charge in [0.2, 0.25) is 0 Å². The summed E-state index contributed by atoms with van der Waals surface area (Å²) < 4.78 is 0. The van der Waals surface area contributed by atoms with Crippen LogP contribution in [0.25, 0.3) is 0 Å². The maximum Gasteiger partial charge on any atom is -0.0287 e. The van der Waals surface area contributed by atoms with Gasteiger partial charge in [0.05, 0.1) is 0 Å². The van der Waals surface area contributed by atoms with Gasteiger partial charge in [-0.15, -0.1) is 0 Å². The minimum atomic E-state index is 0.445. The topological polar surface area (TPSA) is 0 Å². The van der Waals surface area contributed by atoms with Crippen molar-refractivity contribution in [1.29, 1.82) is 0 Å². The van der Waals surface area contributed by atoms with Crippen LogP contribution in [0.3, 0.4) is 0 Å². The van der Waals surface area contributed by atoms with Crippen LogP contribution in [0.2, 0.25) is 0 Å². The van der Waals surface area contributed by atoms with Gasteiger partial charge in [-0.2, -0.15) is 0 Å². The zero-order chi connectivity index (χ0) is 14.5. The molecule has 2 saturated carbocycles. The van der Waals surface area contributed by atoms with Crippen LogP contribution >= 0.6 is 0 Å². The second-order valence-corrected chi connectivity index (χ2v) is 8.41. The largest absolute Gasteiger partial charge is 0.0620 e. The highest BCUT2D eigenvalue weighted by atomic mass is 14.6. The van der Waals surface area contributed by atoms with Gasteiger partial charge >= 0.3 is 0 Å². The molecule has 0 aromatic rings. The molecule has 2 fully saturated rings. The lowest BCUT2D eigenvalue weighted by molar-refractivity contribution is 0.0204. The van der Waals surface area contributed by atoms with Gasteiger partial charge < -0.3 is 0 Å². The van der Waals surface area contributed by atoms with Gasteiger partial charge in [0.1, 0.15) is 0 Å². The van der Waals surface area contributed by atoms with Gasteiger partial charge in [-0.3, -0.25) is 0 Å². The predicted molar refractivity (Wildman–Crippen MR) is 84.3 cm³/mol. The third-order valence-corrected chi connectivity index (χ3v) is 6.86. The molecule has 0 spiro atoms. The minimum absolute atomic E-state index is 0.445. The summed E-state index contributed by atoms with van der Waals surface area (Å²) in [5.74, 6) is 6.47. The second-order valence-electron chi connectivity index (χ2n) is 8.41. The molecule has 0 aliphatic heterocycles. The fraction of sp³-hybridized carbons (Fsp3) is 0.895. The molecule has 0 heterocycles. The monoisotopic (exact) mass is 262 g/mol. The van der Waals surface area contributed by atoms with Gasteiger partial charge in [0, 0.05) is 0 Å². The summed E-state index contributed by atoms with van der Waals surface area (Å²) in [7, 11) is 0. The van der Waals surface area contributed by atoms with E-state index in [0.29, 0.717) is 5.41 Å². The van der Waals surface area contributed by atoms with Gasteiger partial charge in [-0.1, -0.05) is 55.4 Å². The molecule has 0 saturated heterocycles. The molecule has 2 rings (SSSR count). The molecule has 19 heavy (non-hydrogen) atoms. The Morgan fingerprint density at radius 1 is 0.579 bits per heavy atom. The van der Waals surface area contributed by atoms with Crippen LogP contribution in [0.1, 0.15) is 55.4 Å². The number of rotatable bonds is 2. The molecule has 8 unspecified atom stereocenters. The molecule has 2 radical (unpaired) electrons. The van der Waals surface area contributed by atoms with Crippen LogP contribution < -0.4 is 0 Å². The first-order valence-corrected chi connectivity index (χ1v) is 8.37. The first-order chi connectivity index (χ1) is 8.67. The van der Waals surface area contributed by atoms with E-state index in [1.165, 1.54) is 0 Å². The summed E-state index contributed by atoms with van der Waals surface area (Å²) in [5.41, 5.74) is 0.445. The fourth-order valence-electron chi connectivity index (χ4n) is 6.09. The Balaban J connectivity index is 2.27. The highest BCUT2D eigenvalue weighted by Crippen LogP contribution is 2.58. The van der Waals surface area contributed by atoms with Gasteiger partial charge in [-0.05, 0) is 65.6 Å². The molecular weight excluding hydrogens is 228 g/mol. The van der Waals surface area contributed by atoms with Crippen molar-refractivity contribution in [3.63, 3.8) is 0 Å². The van der Waals surface area contributed by atoms with Crippen molar-refractivity contribution in [3.05, 3.63) is 12.8 Å². The fourth-order valence-corrected chi connectivity index (χ4v) is 6.09. The highest BCUT2D eigenvalue weighted by Gasteiger charge is 2.53. The number of hydrogen-bond donors (Lipinski definition) is 0. The SMILES string of the molecule is CC1[CH]C(C)C(C(C)(C)C2C(C)[CH]C(C)C2C)C1C. The minimum Gasteiger partial charge on any atom is -0.0620 e. The third kappa shape index (κ3) is 2.38. The van der Waals surface area contributed by atoms with Crippen molar-refractivity contribution < 1.29 is 0 Å². The van der Waals surface area contributed by atoms with Crippen molar-refractivity contribution in [3.8, 4) is 0 Å². The van der Waals surface area contributed by atoms with Crippen LogP contribution in [0.5, 0.6) is 0 Å². The van der Waals surface area contributed by atoms with E-state index in [2.05, 4.69) is 68.2 Å².